The van der Waals surface area contributed by atoms with E-state index in [2.05, 4.69) is 44.4 Å². The minimum absolute atomic E-state index is 0.0297. The Labute approximate surface area is 393 Å². The summed E-state index contributed by atoms with van der Waals surface area (Å²) >= 11 is 5.90. The number of nitrogens with zero attached hydrogens (tertiary/aromatic N) is 6. The van der Waals surface area contributed by atoms with Crippen LogP contribution in [-0.4, -0.2) is 119 Å². The minimum Gasteiger partial charge on any atom is -0.497 e. The van der Waals surface area contributed by atoms with Gasteiger partial charge in [0.2, 0.25) is 11.1 Å². The minimum atomic E-state index is -1.27. The second kappa shape index (κ2) is 20.0. The normalized spacial score (nSPS) is 21.2. The van der Waals surface area contributed by atoms with Crippen LogP contribution in [0, 0.1) is 0 Å². The van der Waals surface area contributed by atoms with E-state index in [4.69, 9.17) is 33.2 Å². The van der Waals surface area contributed by atoms with Crippen LogP contribution in [0.3, 0.4) is 0 Å². The van der Waals surface area contributed by atoms with Gasteiger partial charge in [0.15, 0.2) is 24.9 Å². The molecule has 1 N–H and O–H groups in total. The monoisotopic (exact) mass is 949 g/mol. The van der Waals surface area contributed by atoms with Gasteiger partial charge in [0.25, 0.3) is 5.56 Å². The molecule has 3 aliphatic heterocycles. The first-order valence-electron chi connectivity index (χ1n) is 21.7. The maximum atomic E-state index is 13.4. The molecular formula is C48H52N7O8PS2. The van der Waals surface area contributed by atoms with Crippen molar-refractivity contribution < 1.29 is 33.0 Å². The van der Waals surface area contributed by atoms with Gasteiger partial charge >= 0.3 is 0 Å². The third-order valence-corrected chi connectivity index (χ3v) is 16.4. The van der Waals surface area contributed by atoms with Crippen molar-refractivity contribution in [2.45, 2.75) is 48.9 Å². The Morgan fingerprint density at radius 2 is 1.62 bits per heavy atom. The number of benzene rings is 4. The fraction of sp³-hybridized carbons (Fsp3) is 0.354. The maximum absolute atomic E-state index is 13.4. The van der Waals surface area contributed by atoms with Crippen LogP contribution in [0.25, 0.3) is 11.2 Å². The van der Waals surface area contributed by atoms with E-state index >= 15 is 0 Å². The summed E-state index contributed by atoms with van der Waals surface area (Å²) in [5.41, 5.74) is 1.85. The highest BCUT2D eigenvalue weighted by Gasteiger charge is 2.65. The Bertz CT molecular complexity index is 2670. The third-order valence-electron chi connectivity index (χ3n) is 12.1. The Balaban J connectivity index is 1.13. The molecule has 0 spiro atoms. The van der Waals surface area contributed by atoms with E-state index < -0.39 is 42.7 Å². The van der Waals surface area contributed by atoms with E-state index in [9.17, 15) is 9.59 Å². The molecule has 5 atom stereocenters. The van der Waals surface area contributed by atoms with Crippen LogP contribution in [0.5, 0.6) is 11.5 Å². The first-order valence-corrected chi connectivity index (χ1v) is 25.0. The van der Waals surface area contributed by atoms with Gasteiger partial charge in [0, 0.05) is 38.5 Å². The molecule has 3 aliphatic rings. The highest BCUT2D eigenvalue weighted by Crippen LogP contribution is 2.61. The van der Waals surface area contributed by atoms with Crippen LogP contribution in [0.2, 0.25) is 0 Å². The molecule has 6 aromatic rings. The summed E-state index contributed by atoms with van der Waals surface area (Å²) in [5, 5.41) is -0.255. The highest BCUT2D eigenvalue weighted by molar-refractivity contribution is 8.53. The van der Waals surface area contributed by atoms with Crippen molar-refractivity contribution in [3.8, 4) is 11.5 Å². The van der Waals surface area contributed by atoms with Gasteiger partial charge in [0.05, 0.1) is 40.1 Å². The summed E-state index contributed by atoms with van der Waals surface area (Å²) in [6.45, 7) is 1.97. The molecule has 0 amide bonds. The standard InChI is InChI=1S/C48H52N7O8PS2/c1-53(2)30-50-46-51-42-39(43(56)52-46)49-31-55(42)44-40-41(63-64(54-25-10-11-26-54)66-27-24-32-12-8-9-15-38(32)45(57)65)47(62-44,28-60-40)29-61-48(33-13-6-5-7-14-33,34-16-20-36(58-3)21-17-34)35-18-22-37(59-4)23-19-35/h5-9,12-23,30-31,40-41,44H,10-11,24-29H2,1-4H3,(H,57,65)(H,51,52,56)/t40-,41+,44-,47-,64?/m1/s1. The first-order chi connectivity index (χ1) is 32.1. The number of aryl methyl sites for hydroxylation is 1. The number of carbonyl (C=O) groups excluding carboxylic acids is 1. The molecule has 18 heteroatoms. The lowest BCUT2D eigenvalue weighted by Crippen LogP contribution is -2.49. The molecule has 66 heavy (non-hydrogen) atoms. The van der Waals surface area contributed by atoms with Crippen molar-refractivity contribution in [1.29, 1.82) is 0 Å². The molecule has 1 unspecified atom stereocenters. The lowest BCUT2D eigenvalue weighted by Gasteiger charge is -2.40. The van der Waals surface area contributed by atoms with Crippen LogP contribution in [-0.2, 0) is 30.8 Å². The molecule has 5 heterocycles. The average molecular weight is 950 g/mol. The number of hydrogen-bond donors (Lipinski definition) is 2. The zero-order chi connectivity index (χ0) is 45.8. The second-order valence-electron chi connectivity index (χ2n) is 16.5. The van der Waals surface area contributed by atoms with Gasteiger partial charge in [0.1, 0.15) is 34.9 Å². The number of aromatic nitrogens is 4. The van der Waals surface area contributed by atoms with Crippen molar-refractivity contribution in [2.24, 2.45) is 4.99 Å². The summed E-state index contributed by atoms with van der Waals surface area (Å²) in [6.07, 6.45) is 3.80. The Kier molecular flexibility index (Phi) is 14.0. The predicted octanol–water partition coefficient (Wildman–Crippen LogP) is 7.79. The molecule has 0 saturated carbocycles. The zero-order valence-corrected chi connectivity index (χ0v) is 39.7. The number of rotatable bonds is 19. The molecule has 2 bridgehead atoms. The van der Waals surface area contributed by atoms with E-state index in [-0.39, 0.29) is 29.8 Å². The van der Waals surface area contributed by atoms with E-state index in [1.54, 1.807) is 47.7 Å². The number of fused-ring (bicyclic) bond motifs is 3. The number of aliphatic imine (C=N–C) groups is 1. The molecule has 3 saturated heterocycles. The number of thiol groups is 1. The second-order valence-corrected chi connectivity index (χ2v) is 20.6. The number of H-pyrrole nitrogens is 1. The third kappa shape index (κ3) is 9.15. The number of methoxy groups -OCH3 is 2. The molecule has 0 aliphatic carbocycles. The number of imidazole rings is 1. The average Bonchev–Trinajstić information content (AvgIpc) is 4.16. The van der Waals surface area contributed by atoms with E-state index in [0.29, 0.717) is 34.9 Å². The van der Waals surface area contributed by atoms with Crippen molar-refractivity contribution in [3.63, 3.8) is 0 Å². The molecular weight excluding hydrogens is 898 g/mol. The van der Waals surface area contributed by atoms with Crippen LogP contribution in [0.4, 0.5) is 5.95 Å². The van der Waals surface area contributed by atoms with Gasteiger partial charge < -0.3 is 33.1 Å². The number of ether oxygens (including phenoxy) is 5. The van der Waals surface area contributed by atoms with Crippen molar-refractivity contribution in [1.82, 2.24) is 29.1 Å². The van der Waals surface area contributed by atoms with Gasteiger partial charge in [-0.3, -0.25) is 23.8 Å². The molecule has 344 valence electrons. The van der Waals surface area contributed by atoms with Crippen molar-refractivity contribution >= 4 is 60.1 Å². The van der Waals surface area contributed by atoms with Gasteiger partial charge in [-0.1, -0.05) is 90.2 Å². The van der Waals surface area contributed by atoms with Gasteiger partial charge in [-0.05, 0) is 65.8 Å². The van der Waals surface area contributed by atoms with Crippen LogP contribution < -0.4 is 15.0 Å². The summed E-state index contributed by atoms with van der Waals surface area (Å²) in [4.78, 5) is 43.9. The Morgan fingerprint density at radius 3 is 2.27 bits per heavy atom. The number of nitrogens with one attached hydrogen (secondary N) is 1. The van der Waals surface area contributed by atoms with Crippen LogP contribution in [0.15, 0.2) is 119 Å². The molecule has 3 fully saturated rings. The molecule has 4 aromatic carbocycles. The SMILES string of the molecule is COc1ccc(C(OC[C@@]23CO[C@@H]([C@H](n4cnc5c(=O)[nH]c(N=CN(C)C)nc54)O2)[C@@H]3OP(SCCc2ccccc2C(=O)S)N2CCCC2)(c2ccccc2)c2ccc(OC)cc2)cc1. The summed E-state index contributed by atoms with van der Waals surface area (Å²) in [7, 11) is 5.69. The lowest BCUT2D eigenvalue weighted by atomic mass is 9.79. The quantitative estimate of drug-likeness (QED) is 0.0267. The molecule has 9 rings (SSSR count). The van der Waals surface area contributed by atoms with E-state index in [0.717, 1.165) is 48.2 Å². The largest absolute Gasteiger partial charge is 0.497 e. The summed E-state index contributed by atoms with van der Waals surface area (Å²) in [6, 6.07) is 33.5. The fourth-order valence-corrected chi connectivity index (χ4v) is 13.2. The summed E-state index contributed by atoms with van der Waals surface area (Å²) < 4.78 is 44.5. The van der Waals surface area contributed by atoms with E-state index in [1.165, 1.54) is 0 Å². The van der Waals surface area contributed by atoms with Crippen LogP contribution >= 0.6 is 31.5 Å². The van der Waals surface area contributed by atoms with Crippen molar-refractivity contribution in [2.75, 3.05) is 60.4 Å². The Hall–Kier alpha value is -5.10. The molecule has 15 nitrogen and oxygen atoms in total. The topological polar surface area (TPSA) is 155 Å². The highest BCUT2D eigenvalue weighted by atomic mass is 32.7. The first kappa shape index (κ1) is 46.0. The van der Waals surface area contributed by atoms with Gasteiger partial charge in [-0.2, -0.15) is 4.98 Å². The van der Waals surface area contributed by atoms with Crippen LogP contribution in [0.1, 0.15) is 51.7 Å². The van der Waals surface area contributed by atoms with Gasteiger partial charge in [-0.15, -0.1) is 12.6 Å². The van der Waals surface area contributed by atoms with Crippen molar-refractivity contribution in [3.05, 3.63) is 148 Å². The molecule has 2 aromatic heterocycles. The summed E-state index contributed by atoms with van der Waals surface area (Å²) in [5.74, 6) is 2.24. The van der Waals surface area contributed by atoms with E-state index in [1.807, 2.05) is 105 Å². The van der Waals surface area contributed by atoms with Gasteiger partial charge in [-0.25, -0.2) is 9.98 Å². The molecule has 0 radical (unpaired) electrons. The Morgan fingerprint density at radius 1 is 0.970 bits per heavy atom. The maximum Gasteiger partial charge on any atom is 0.280 e. The smallest absolute Gasteiger partial charge is 0.280 e. The zero-order valence-electron chi connectivity index (χ0n) is 37.1. The fourth-order valence-electron chi connectivity index (χ4n) is 8.83. The number of carbonyl (C=O) groups is 1. The lowest BCUT2D eigenvalue weighted by molar-refractivity contribution is -0.201. The number of hydrogen-bond acceptors (Lipinski definition) is 13. The number of aromatic amines is 1. The predicted molar refractivity (Wildman–Crippen MR) is 259 cm³/mol.